The molecule has 2 aromatic heterocycles. The van der Waals surface area contributed by atoms with Crippen LogP contribution in [-0.4, -0.2) is 15.1 Å². The SMILES string of the molecule is Cc1ccc(S[C@@H](C)c2nc(-c3cccnc3)no2)cc1. The molecule has 1 atom stereocenters. The maximum Gasteiger partial charge on any atom is 0.240 e. The molecular weight excluding hydrogens is 282 g/mol. The number of aryl methyl sites for hydroxylation is 1. The average Bonchev–Trinajstić information content (AvgIpc) is 3.00. The third-order valence-electron chi connectivity index (χ3n) is 3.04. The molecule has 0 aliphatic carbocycles. The molecule has 4 nitrogen and oxygen atoms in total. The van der Waals surface area contributed by atoms with Crippen LogP contribution in [0.2, 0.25) is 0 Å². The van der Waals surface area contributed by atoms with Crippen LogP contribution >= 0.6 is 11.8 Å². The van der Waals surface area contributed by atoms with Gasteiger partial charge in [0.15, 0.2) is 0 Å². The first kappa shape index (κ1) is 13.8. The average molecular weight is 297 g/mol. The van der Waals surface area contributed by atoms with Gasteiger partial charge in [0.1, 0.15) is 0 Å². The normalized spacial score (nSPS) is 12.3. The molecule has 21 heavy (non-hydrogen) atoms. The van der Waals surface area contributed by atoms with Crippen molar-refractivity contribution in [2.24, 2.45) is 0 Å². The number of benzene rings is 1. The Hall–Kier alpha value is -2.14. The molecular formula is C16H15N3OS. The predicted octanol–water partition coefficient (Wildman–Crippen LogP) is 4.29. The van der Waals surface area contributed by atoms with E-state index < -0.39 is 0 Å². The molecule has 2 heterocycles. The fourth-order valence-electron chi connectivity index (χ4n) is 1.88. The summed E-state index contributed by atoms with van der Waals surface area (Å²) in [6.07, 6.45) is 3.45. The Balaban J connectivity index is 1.75. The first-order valence-corrected chi connectivity index (χ1v) is 7.57. The van der Waals surface area contributed by atoms with Crippen LogP contribution in [0.15, 0.2) is 58.2 Å². The summed E-state index contributed by atoms with van der Waals surface area (Å²) in [5.41, 5.74) is 2.11. The summed E-state index contributed by atoms with van der Waals surface area (Å²) in [6, 6.07) is 12.2. The van der Waals surface area contributed by atoms with Crippen molar-refractivity contribution >= 4 is 11.8 Å². The monoisotopic (exact) mass is 297 g/mol. The van der Waals surface area contributed by atoms with Gasteiger partial charge in [0.25, 0.3) is 0 Å². The Morgan fingerprint density at radius 1 is 1.14 bits per heavy atom. The van der Waals surface area contributed by atoms with E-state index in [0.717, 1.165) is 5.56 Å². The lowest BCUT2D eigenvalue weighted by molar-refractivity contribution is 0.381. The molecule has 0 unspecified atom stereocenters. The van der Waals surface area contributed by atoms with E-state index >= 15 is 0 Å². The maximum atomic E-state index is 5.37. The van der Waals surface area contributed by atoms with Gasteiger partial charge in [-0.3, -0.25) is 4.98 Å². The molecule has 0 spiro atoms. The zero-order valence-corrected chi connectivity index (χ0v) is 12.7. The van der Waals surface area contributed by atoms with Crippen molar-refractivity contribution in [1.82, 2.24) is 15.1 Å². The summed E-state index contributed by atoms with van der Waals surface area (Å²) in [6.45, 7) is 4.14. The van der Waals surface area contributed by atoms with Gasteiger partial charge >= 0.3 is 0 Å². The first-order valence-electron chi connectivity index (χ1n) is 6.70. The zero-order valence-electron chi connectivity index (χ0n) is 11.9. The second kappa shape index (κ2) is 6.10. The first-order chi connectivity index (χ1) is 10.2. The lowest BCUT2D eigenvalue weighted by Gasteiger charge is -2.06. The molecule has 0 bridgehead atoms. The van der Waals surface area contributed by atoms with Crippen molar-refractivity contribution in [3.05, 3.63) is 60.2 Å². The van der Waals surface area contributed by atoms with E-state index in [9.17, 15) is 0 Å². The molecule has 0 amide bonds. The van der Waals surface area contributed by atoms with Crippen LogP contribution in [0.4, 0.5) is 0 Å². The van der Waals surface area contributed by atoms with Gasteiger partial charge in [-0.15, -0.1) is 11.8 Å². The van der Waals surface area contributed by atoms with E-state index in [1.807, 2.05) is 12.1 Å². The summed E-state index contributed by atoms with van der Waals surface area (Å²) in [7, 11) is 0. The summed E-state index contributed by atoms with van der Waals surface area (Å²) in [4.78, 5) is 9.71. The molecule has 3 rings (SSSR count). The Morgan fingerprint density at radius 3 is 2.67 bits per heavy atom. The molecule has 0 fully saturated rings. The van der Waals surface area contributed by atoms with Crippen LogP contribution in [-0.2, 0) is 0 Å². The highest BCUT2D eigenvalue weighted by Gasteiger charge is 2.16. The van der Waals surface area contributed by atoms with Crippen molar-refractivity contribution in [1.29, 1.82) is 0 Å². The van der Waals surface area contributed by atoms with Crippen LogP contribution < -0.4 is 0 Å². The highest BCUT2D eigenvalue weighted by Crippen LogP contribution is 2.34. The molecule has 3 aromatic rings. The molecule has 0 N–H and O–H groups in total. The highest BCUT2D eigenvalue weighted by atomic mass is 32.2. The van der Waals surface area contributed by atoms with Gasteiger partial charge in [-0.05, 0) is 38.1 Å². The molecule has 0 radical (unpaired) electrons. The van der Waals surface area contributed by atoms with Crippen LogP contribution in [0.1, 0.15) is 23.6 Å². The second-order valence-electron chi connectivity index (χ2n) is 4.77. The van der Waals surface area contributed by atoms with E-state index in [2.05, 4.69) is 53.2 Å². The standard InChI is InChI=1S/C16H15N3OS/c1-11-5-7-14(8-6-11)21-12(2)16-18-15(19-20-16)13-4-3-9-17-10-13/h3-10,12H,1-2H3/t12-/m0/s1. The number of hydrogen-bond acceptors (Lipinski definition) is 5. The van der Waals surface area contributed by atoms with Crippen molar-refractivity contribution < 1.29 is 4.52 Å². The summed E-state index contributed by atoms with van der Waals surface area (Å²) in [5, 5.41) is 4.13. The number of aromatic nitrogens is 3. The van der Waals surface area contributed by atoms with Crippen LogP contribution in [0.3, 0.4) is 0 Å². The Bertz CT molecular complexity index is 710. The molecule has 0 saturated carbocycles. The van der Waals surface area contributed by atoms with Gasteiger partial charge in [-0.1, -0.05) is 22.9 Å². The second-order valence-corrected chi connectivity index (χ2v) is 6.19. The topological polar surface area (TPSA) is 51.8 Å². The van der Waals surface area contributed by atoms with E-state index in [-0.39, 0.29) is 5.25 Å². The smallest absolute Gasteiger partial charge is 0.240 e. The van der Waals surface area contributed by atoms with E-state index in [4.69, 9.17) is 4.52 Å². The number of thioether (sulfide) groups is 1. The summed E-state index contributed by atoms with van der Waals surface area (Å²) >= 11 is 1.70. The number of rotatable bonds is 4. The fraction of sp³-hybridized carbons (Fsp3) is 0.188. The maximum absolute atomic E-state index is 5.37. The minimum absolute atomic E-state index is 0.102. The van der Waals surface area contributed by atoms with Crippen LogP contribution in [0.5, 0.6) is 0 Å². The largest absolute Gasteiger partial charge is 0.338 e. The minimum Gasteiger partial charge on any atom is -0.338 e. The molecule has 0 saturated heterocycles. The highest BCUT2D eigenvalue weighted by molar-refractivity contribution is 7.99. The minimum atomic E-state index is 0.102. The van der Waals surface area contributed by atoms with Crippen molar-refractivity contribution in [3.63, 3.8) is 0 Å². The predicted molar refractivity (Wildman–Crippen MR) is 83.0 cm³/mol. The third kappa shape index (κ3) is 3.31. The van der Waals surface area contributed by atoms with Gasteiger partial charge in [-0.2, -0.15) is 4.98 Å². The van der Waals surface area contributed by atoms with Gasteiger partial charge in [-0.25, -0.2) is 0 Å². The third-order valence-corrected chi connectivity index (χ3v) is 4.14. The summed E-state index contributed by atoms with van der Waals surface area (Å²) in [5.74, 6) is 1.20. The van der Waals surface area contributed by atoms with Crippen molar-refractivity contribution in [3.8, 4) is 11.4 Å². The molecule has 0 aliphatic heterocycles. The molecule has 0 aliphatic rings. The zero-order chi connectivity index (χ0) is 14.7. The molecule has 5 heteroatoms. The Labute approximate surface area is 127 Å². The number of hydrogen-bond donors (Lipinski definition) is 0. The van der Waals surface area contributed by atoms with E-state index in [1.54, 1.807) is 24.2 Å². The Morgan fingerprint density at radius 2 is 1.95 bits per heavy atom. The van der Waals surface area contributed by atoms with Gasteiger partial charge in [0.05, 0.1) is 5.25 Å². The lowest BCUT2D eigenvalue weighted by atomic mass is 10.2. The Kier molecular flexibility index (Phi) is 4.01. The van der Waals surface area contributed by atoms with Crippen LogP contribution in [0.25, 0.3) is 11.4 Å². The summed E-state index contributed by atoms with van der Waals surface area (Å²) < 4.78 is 5.37. The number of pyridine rings is 1. The molecule has 1 aromatic carbocycles. The van der Waals surface area contributed by atoms with Crippen LogP contribution in [0, 0.1) is 6.92 Å². The van der Waals surface area contributed by atoms with Gasteiger partial charge < -0.3 is 4.52 Å². The van der Waals surface area contributed by atoms with E-state index in [0.29, 0.717) is 11.7 Å². The van der Waals surface area contributed by atoms with Crippen molar-refractivity contribution in [2.45, 2.75) is 24.0 Å². The number of nitrogens with zero attached hydrogens (tertiary/aromatic N) is 3. The van der Waals surface area contributed by atoms with E-state index in [1.165, 1.54) is 10.5 Å². The lowest BCUT2D eigenvalue weighted by Crippen LogP contribution is -1.89. The van der Waals surface area contributed by atoms with Gasteiger partial charge in [0, 0.05) is 22.9 Å². The van der Waals surface area contributed by atoms with Crippen molar-refractivity contribution in [2.75, 3.05) is 0 Å². The van der Waals surface area contributed by atoms with Gasteiger partial charge in [0.2, 0.25) is 11.7 Å². The quantitative estimate of drug-likeness (QED) is 0.672. The molecule has 106 valence electrons. The fourth-order valence-corrected chi connectivity index (χ4v) is 2.78.